The zero-order chi connectivity index (χ0) is 22.9. The highest BCUT2D eigenvalue weighted by Crippen LogP contribution is 2.41. The van der Waals surface area contributed by atoms with Crippen LogP contribution in [0.1, 0.15) is 46.9 Å². The number of amides is 3. The Balaban J connectivity index is 1.34. The van der Waals surface area contributed by atoms with Crippen LogP contribution in [0.15, 0.2) is 42.5 Å². The topological polar surface area (TPSA) is 69.7 Å². The summed E-state index contributed by atoms with van der Waals surface area (Å²) in [7, 11) is 0. The van der Waals surface area contributed by atoms with Gasteiger partial charge in [-0.15, -0.1) is 0 Å². The molecule has 2 fully saturated rings. The van der Waals surface area contributed by atoms with E-state index < -0.39 is 23.1 Å². The number of carbonyl (C=O) groups is 3. The van der Waals surface area contributed by atoms with Crippen molar-refractivity contribution in [3.63, 3.8) is 0 Å². The number of likely N-dealkylation sites (tertiary alicyclic amines) is 2. The van der Waals surface area contributed by atoms with Crippen LogP contribution in [0, 0.1) is 17.0 Å². The maximum absolute atomic E-state index is 14.0. The van der Waals surface area contributed by atoms with Crippen LogP contribution >= 0.6 is 0 Å². The molecule has 2 aromatic carbocycles. The summed E-state index contributed by atoms with van der Waals surface area (Å²) < 4.78 is 28.0. The van der Waals surface area contributed by atoms with E-state index in [0.717, 1.165) is 18.6 Å². The number of piperidine rings is 1. The van der Waals surface area contributed by atoms with Gasteiger partial charge in [0.15, 0.2) is 5.78 Å². The Labute approximate surface area is 185 Å². The summed E-state index contributed by atoms with van der Waals surface area (Å²) in [4.78, 5) is 40.0. The molecule has 32 heavy (non-hydrogen) atoms. The quantitative estimate of drug-likeness (QED) is 0.721. The largest absolute Gasteiger partial charge is 0.338 e. The van der Waals surface area contributed by atoms with Crippen molar-refractivity contribution in [3.05, 3.63) is 65.2 Å². The summed E-state index contributed by atoms with van der Waals surface area (Å²) in [6, 6.07) is 9.96. The molecular formula is C24H25F2N3O3. The second-order valence-corrected chi connectivity index (χ2v) is 8.62. The van der Waals surface area contributed by atoms with Crippen LogP contribution in [0.5, 0.6) is 0 Å². The maximum atomic E-state index is 14.0. The summed E-state index contributed by atoms with van der Waals surface area (Å²) in [5.74, 6) is -2.37. The number of anilines is 1. The number of hydrogen-bond acceptors (Lipinski definition) is 3. The maximum Gasteiger partial charge on any atom is 0.321 e. The number of Topliss-reactive ketones (excluding diaryl/α,β-unsaturated/α-hetero) is 1. The molecule has 2 heterocycles. The van der Waals surface area contributed by atoms with Crippen molar-refractivity contribution in [1.82, 2.24) is 9.80 Å². The second-order valence-electron chi connectivity index (χ2n) is 8.62. The number of hydrogen-bond donors (Lipinski definition) is 1. The van der Waals surface area contributed by atoms with Crippen molar-refractivity contribution in [2.24, 2.45) is 5.41 Å². The number of nitrogens with one attached hydrogen (secondary N) is 1. The Morgan fingerprint density at radius 2 is 1.44 bits per heavy atom. The predicted molar refractivity (Wildman–Crippen MR) is 116 cm³/mol. The van der Waals surface area contributed by atoms with E-state index in [4.69, 9.17) is 0 Å². The molecule has 8 heteroatoms. The lowest BCUT2D eigenvalue weighted by Gasteiger charge is -2.39. The first kappa shape index (κ1) is 21.9. The number of ketones is 1. The molecule has 2 aliphatic heterocycles. The lowest BCUT2D eigenvalue weighted by atomic mass is 9.77. The molecule has 2 saturated heterocycles. The molecule has 2 aromatic rings. The van der Waals surface area contributed by atoms with E-state index in [-0.39, 0.29) is 17.2 Å². The predicted octanol–water partition coefficient (Wildman–Crippen LogP) is 4.33. The van der Waals surface area contributed by atoms with Crippen molar-refractivity contribution in [2.75, 3.05) is 31.5 Å². The number of urea groups is 1. The van der Waals surface area contributed by atoms with Crippen molar-refractivity contribution >= 4 is 23.4 Å². The molecule has 0 aliphatic carbocycles. The number of benzene rings is 2. The Morgan fingerprint density at radius 3 is 2.00 bits per heavy atom. The third-order valence-corrected chi connectivity index (χ3v) is 6.56. The van der Waals surface area contributed by atoms with Gasteiger partial charge in [0.25, 0.3) is 5.91 Å². The highest BCUT2D eigenvalue weighted by atomic mass is 19.1. The van der Waals surface area contributed by atoms with Gasteiger partial charge in [-0.3, -0.25) is 9.59 Å². The first-order chi connectivity index (χ1) is 15.3. The molecule has 0 aromatic heterocycles. The molecule has 4 rings (SSSR count). The summed E-state index contributed by atoms with van der Waals surface area (Å²) in [6.07, 6.45) is 2.16. The highest BCUT2D eigenvalue weighted by molar-refractivity contribution is 5.96. The third-order valence-electron chi connectivity index (χ3n) is 6.56. The molecule has 168 valence electrons. The van der Waals surface area contributed by atoms with Crippen LogP contribution in [0.4, 0.5) is 19.3 Å². The van der Waals surface area contributed by atoms with E-state index in [1.54, 1.807) is 29.2 Å². The number of carbonyl (C=O) groups excluding carboxylic acids is 3. The molecule has 0 saturated carbocycles. The Bertz CT molecular complexity index is 1030. The molecule has 0 bridgehead atoms. The number of rotatable bonds is 3. The fraction of sp³-hybridized carbons (Fsp3) is 0.375. The molecule has 0 unspecified atom stereocenters. The van der Waals surface area contributed by atoms with Gasteiger partial charge in [0.05, 0.1) is 0 Å². The Morgan fingerprint density at radius 1 is 0.875 bits per heavy atom. The average molecular weight is 441 g/mol. The van der Waals surface area contributed by atoms with Crippen molar-refractivity contribution in [3.8, 4) is 0 Å². The normalized spacial score (nSPS) is 17.5. The highest BCUT2D eigenvalue weighted by Gasteiger charge is 2.43. The lowest BCUT2D eigenvalue weighted by molar-refractivity contribution is 0.0585. The summed E-state index contributed by atoms with van der Waals surface area (Å²) >= 11 is 0. The molecule has 0 radical (unpaired) electrons. The minimum Gasteiger partial charge on any atom is -0.338 e. The molecule has 2 aliphatic rings. The van der Waals surface area contributed by atoms with Gasteiger partial charge in [-0.1, -0.05) is 6.07 Å². The van der Waals surface area contributed by atoms with Crippen molar-refractivity contribution < 1.29 is 23.2 Å². The minimum atomic E-state index is -0.852. The summed E-state index contributed by atoms with van der Waals surface area (Å²) in [5, 5.41) is 2.86. The van der Waals surface area contributed by atoms with Crippen LogP contribution < -0.4 is 5.32 Å². The monoisotopic (exact) mass is 441 g/mol. The standard InChI is InChI=1S/C24H25F2N3O3/c1-16(30)17-5-7-18(8-6-17)27-23(32)29-14-11-24(15-29)9-12-28(13-10-24)22(31)21-19(25)3-2-4-20(21)26/h2-8H,9-15H2,1H3,(H,27,32). The summed E-state index contributed by atoms with van der Waals surface area (Å²) in [5.41, 5.74) is 0.597. The van der Waals surface area contributed by atoms with Crippen LogP contribution in [0.25, 0.3) is 0 Å². The van der Waals surface area contributed by atoms with Gasteiger partial charge in [0.2, 0.25) is 0 Å². The van der Waals surface area contributed by atoms with Crippen LogP contribution in [-0.4, -0.2) is 53.7 Å². The van der Waals surface area contributed by atoms with Gasteiger partial charge in [0, 0.05) is 37.4 Å². The fourth-order valence-corrected chi connectivity index (χ4v) is 4.55. The summed E-state index contributed by atoms with van der Waals surface area (Å²) in [6.45, 7) is 3.46. The molecule has 0 atom stereocenters. The van der Waals surface area contributed by atoms with Crippen LogP contribution in [0.2, 0.25) is 0 Å². The van der Waals surface area contributed by atoms with E-state index in [1.807, 2.05) is 0 Å². The number of halogens is 2. The van der Waals surface area contributed by atoms with E-state index in [9.17, 15) is 23.2 Å². The second kappa shape index (κ2) is 8.68. The Kier molecular flexibility index (Phi) is 5.95. The lowest BCUT2D eigenvalue weighted by Crippen LogP contribution is -2.45. The van der Waals surface area contributed by atoms with Gasteiger partial charge in [-0.05, 0) is 68.0 Å². The average Bonchev–Trinajstić information content (AvgIpc) is 3.18. The van der Waals surface area contributed by atoms with Gasteiger partial charge in [0.1, 0.15) is 17.2 Å². The van der Waals surface area contributed by atoms with Gasteiger partial charge < -0.3 is 15.1 Å². The van der Waals surface area contributed by atoms with E-state index in [1.165, 1.54) is 17.9 Å². The van der Waals surface area contributed by atoms with Gasteiger partial charge in [-0.2, -0.15) is 0 Å². The molecular weight excluding hydrogens is 416 g/mol. The van der Waals surface area contributed by atoms with Gasteiger partial charge >= 0.3 is 6.03 Å². The van der Waals surface area contributed by atoms with Crippen LogP contribution in [0.3, 0.4) is 0 Å². The first-order valence-electron chi connectivity index (χ1n) is 10.7. The SMILES string of the molecule is CC(=O)c1ccc(NC(=O)N2CCC3(CCN(C(=O)c4c(F)cccc4F)CC3)C2)cc1. The minimum absolute atomic E-state index is 0.0353. The molecule has 1 spiro atoms. The zero-order valence-electron chi connectivity index (χ0n) is 17.9. The molecule has 6 nitrogen and oxygen atoms in total. The van der Waals surface area contributed by atoms with E-state index in [0.29, 0.717) is 50.3 Å². The van der Waals surface area contributed by atoms with Gasteiger partial charge in [-0.25, -0.2) is 13.6 Å². The van der Waals surface area contributed by atoms with Crippen molar-refractivity contribution in [1.29, 1.82) is 0 Å². The first-order valence-corrected chi connectivity index (χ1v) is 10.7. The third kappa shape index (κ3) is 4.35. The van der Waals surface area contributed by atoms with E-state index >= 15 is 0 Å². The van der Waals surface area contributed by atoms with Crippen LogP contribution in [-0.2, 0) is 0 Å². The Hall–Kier alpha value is -3.29. The zero-order valence-corrected chi connectivity index (χ0v) is 17.9. The molecule has 1 N–H and O–H groups in total. The molecule has 3 amide bonds. The van der Waals surface area contributed by atoms with E-state index in [2.05, 4.69) is 5.32 Å². The fourth-order valence-electron chi connectivity index (χ4n) is 4.55. The number of nitrogens with zero attached hydrogens (tertiary/aromatic N) is 2. The van der Waals surface area contributed by atoms with Crippen molar-refractivity contribution in [2.45, 2.75) is 26.2 Å². The smallest absolute Gasteiger partial charge is 0.321 e.